The Balaban J connectivity index is 1.95. The summed E-state index contributed by atoms with van der Waals surface area (Å²) in [6.07, 6.45) is 5.19. The van der Waals surface area contributed by atoms with Gasteiger partial charge in [-0.1, -0.05) is 0 Å². The van der Waals surface area contributed by atoms with Gasteiger partial charge in [0.2, 0.25) is 0 Å². The van der Waals surface area contributed by atoms with Gasteiger partial charge in [-0.25, -0.2) is 0 Å². The number of nitriles is 1. The predicted molar refractivity (Wildman–Crippen MR) is 54.4 cm³/mol. The average molecular weight is 189 g/mol. The van der Waals surface area contributed by atoms with Crippen molar-refractivity contribution >= 4 is 0 Å². The Morgan fingerprint density at radius 2 is 2.43 bits per heavy atom. The Kier molecular flexibility index (Phi) is 2.30. The van der Waals surface area contributed by atoms with Crippen LogP contribution >= 0.6 is 0 Å². The molecule has 1 saturated carbocycles. The molecule has 1 N–H and O–H groups in total. The van der Waals surface area contributed by atoms with Gasteiger partial charge in [0.15, 0.2) is 0 Å². The first-order chi connectivity index (χ1) is 6.76. The summed E-state index contributed by atoms with van der Waals surface area (Å²) in [5.41, 5.74) is 0.996. The van der Waals surface area contributed by atoms with E-state index in [9.17, 15) is 0 Å². The first-order valence-electron chi connectivity index (χ1n) is 5.02. The molecule has 14 heavy (non-hydrogen) atoms. The molecule has 1 fully saturated rings. The van der Waals surface area contributed by atoms with E-state index in [1.165, 1.54) is 12.1 Å². The molecule has 3 heteroatoms. The second kappa shape index (κ2) is 3.47. The lowest BCUT2D eigenvalue weighted by atomic mass is 9.78. The predicted octanol–water partition coefficient (Wildman–Crippen LogP) is 1.56. The van der Waals surface area contributed by atoms with E-state index < -0.39 is 0 Å². The monoisotopic (exact) mass is 189 g/mol. The highest BCUT2D eigenvalue weighted by molar-refractivity contribution is 5.14. The van der Waals surface area contributed by atoms with Crippen LogP contribution in [0.15, 0.2) is 18.3 Å². The summed E-state index contributed by atoms with van der Waals surface area (Å²) in [7, 11) is 2.02. The highest BCUT2D eigenvalue weighted by atomic mass is 15.0. The molecule has 3 nitrogen and oxygen atoms in total. The highest BCUT2D eigenvalue weighted by Gasteiger charge is 2.36. The van der Waals surface area contributed by atoms with Crippen LogP contribution in [0.1, 0.15) is 25.0 Å². The molecule has 0 radical (unpaired) electrons. The van der Waals surface area contributed by atoms with Gasteiger partial charge >= 0.3 is 0 Å². The molecule has 0 bridgehead atoms. The minimum absolute atomic E-state index is 0.232. The molecular formula is C11H15N3. The number of nitrogens with zero attached hydrogens (tertiary/aromatic N) is 2. The van der Waals surface area contributed by atoms with Crippen molar-refractivity contribution in [1.82, 2.24) is 9.88 Å². The van der Waals surface area contributed by atoms with Gasteiger partial charge in [-0.15, -0.1) is 0 Å². The molecule has 1 heterocycles. The van der Waals surface area contributed by atoms with Gasteiger partial charge in [0, 0.05) is 25.5 Å². The van der Waals surface area contributed by atoms with Gasteiger partial charge < -0.3 is 4.57 Å². The third-order valence-corrected chi connectivity index (χ3v) is 3.08. The maximum Gasteiger partial charge on any atom is 0.107 e. The number of hydrogen-bond acceptors (Lipinski definition) is 2. The molecule has 0 amide bonds. The second-order valence-electron chi connectivity index (χ2n) is 4.01. The van der Waals surface area contributed by atoms with E-state index in [0.29, 0.717) is 0 Å². The van der Waals surface area contributed by atoms with Crippen molar-refractivity contribution in [2.75, 3.05) is 0 Å². The van der Waals surface area contributed by atoms with E-state index in [0.717, 1.165) is 19.4 Å². The summed E-state index contributed by atoms with van der Waals surface area (Å²) in [4.78, 5) is 0. The number of rotatable bonds is 3. The number of aryl methyl sites for hydroxylation is 1. The first kappa shape index (κ1) is 9.29. The van der Waals surface area contributed by atoms with Crippen LogP contribution in [-0.2, 0) is 13.6 Å². The van der Waals surface area contributed by atoms with Crippen LogP contribution in [0.25, 0.3) is 0 Å². The average Bonchev–Trinajstić information content (AvgIpc) is 2.51. The molecule has 0 spiro atoms. The molecule has 74 valence electrons. The second-order valence-corrected chi connectivity index (χ2v) is 4.01. The van der Waals surface area contributed by atoms with Gasteiger partial charge in [-0.3, -0.25) is 5.32 Å². The SMILES string of the molecule is Cn1cccc1CNC1(C#N)CCC1. The van der Waals surface area contributed by atoms with Crippen molar-refractivity contribution in [3.8, 4) is 6.07 Å². The third-order valence-electron chi connectivity index (χ3n) is 3.08. The summed E-state index contributed by atoms with van der Waals surface area (Å²) >= 11 is 0. The van der Waals surface area contributed by atoms with Crippen LogP contribution in [0.3, 0.4) is 0 Å². The van der Waals surface area contributed by atoms with Gasteiger partial charge in [0.25, 0.3) is 0 Å². The number of nitrogens with one attached hydrogen (secondary N) is 1. The van der Waals surface area contributed by atoms with Gasteiger partial charge in [0.05, 0.1) is 6.07 Å². The Morgan fingerprint density at radius 1 is 1.64 bits per heavy atom. The van der Waals surface area contributed by atoms with Crippen molar-refractivity contribution in [2.24, 2.45) is 7.05 Å². The van der Waals surface area contributed by atoms with E-state index in [1.807, 2.05) is 19.3 Å². The molecule has 0 saturated heterocycles. The summed E-state index contributed by atoms with van der Waals surface area (Å²) < 4.78 is 2.08. The zero-order valence-electron chi connectivity index (χ0n) is 8.45. The molecular weight excluding hydrogens is 174 g/mol. The van der Waals surface area contributed by atoms with Crippen LogP contribution < -0.4 is 5.32 Å². The fourth-order valence-corrected chi connectivity index (χ4v) is 1.80. The van der Waals surface area contributed by atoms with Crippen molar-refractivity contribution in [2.45, 2.75) is 31.3 Å². The Morgan fingerprint density at radius 3 is 2.86 bits per heavy atom. The van der Waals surface area contributed by atoms with E-state index in [2.05, 4.69) is 22.0 Å². The fourth-order valence-electron chi connectivity index (χ4n) is 1.80. The van der Waals surface area contributed by atoms with Gasteiger partial charge in [-0.05, 0) is 31.4 Å². The van der Waals surface area contributed by atoms with Crippen molar-refractivity contribution in [3.63, 3.8) is 0 Å². The molecule has 1 aromatic heterocycles. The standard InChI is InChI=1S/C11H15N3/c1-14-7-2-4-10(14)8-13-11(9-12)5-3-6-11/h2,4,7,13H,3,5-6,8H2,1H3. The Labute approximate surface area is 84.3 Å². The van der Waals surface area contributed by atoms with Crippen molar-refractivity contribution < 1.29 is 0 Å². The van der Waals surface area contributed by atoms with Crippen molar-refractivity contribution in [3.05, 3.63) is 24.0 Å². The third kappa shape index (κ3) is 1.53. The van der Waals surface area contributed by atoms with Crippen LogP contribution in [0.2, 0.25) is 0 Å². The lowest BCUT2D eigenvalue weighted by Gasteiger charge is -2.36. The zero-order valence-corrected chi connectivity index (χ0v) is 8.45. The number of aromatic nitrogens is 1. The molecule has 0 unspecified atom stereocenters. The Hall–Kier alpha value is -1.27. The molecule has 0 atom stereocenters. The summed E-state index contributed by atoms with van der Waals surface area (Å²) in [5.74, 6) is 0. The van der Waals surface area contributed by atoms with Crippen molar-refractivity contribution in [1.29, 1.82) is 5.26 Å². The maximum atomic E-state index is 9.02. The molecule has 2 rings (SSSR count). The topological polar surface area (TPSA) is 40.8 Å². The van der Waals surface area contributed by atoms with Crippen LogP contribution in [-0.4, -0.2) is 10.1 Å². The quantitative estimate of drug-likeness (QED) is 0.784. The van der Waals surface area contributed by atoms with E-state index >= 15 is 0 Å². The first-order valence-corrected chi connectivity index (χ1v) is 5.02. The number of hydrogen-bond donors (Lipinski definition) is 1. The van der Waals surface area contributed by atoms with E-state index in [1.54, 1.807) is 0 Å². The normalized spacial score (nSPS) is 18.6. The molecule has 1 aromatic rings. The summed E-state index contributed by atoms with van der Waals surface area (Å²) in [6.45, 7) is 0.789. The Bertz CT molecular complexity index is 355. The summed E-state index contributed by atoms with van der Waals surface area (Å²) in [5, 5.41) is 12.4. The molecule has 1 aliphatic rings. The minimum atomic E-state index is -0.232. The van der Waals surface area contributed by atoms with Gasteiger partial charge in [0.1, 0.15) is 5.54 Å². The van der Waals surface area contributed by atoms with Gasteiger partial charge in [-0.2, -0.15) is 5.26 Å². The van der Waals surface area contributed by atoms with Crippen LogP contribution in [0.5, 0.6) is 0 Å². The molecule has 1 aliphatic carbocycles. The minimum Gasteiger partial charge on any atom is -0.353 e. The lowest BCUT2D eigenvalue weighted by molar-refractivity contribution is 0.251. The smallest absolute Gasteiger partial charge is 0.107 e. The molecule has 0 aliphatic heterocycles. The highest BCUT2D eigenvalue weighted by Crippen LogP contribution is 2.31. The van der Waals surface area contributed by atoms with E-state index in [-0.39, 0.29) is 5.54 Å². The van der Waals surface area contributed by atoms with Crippen LogP contribution in [0, 0.1) is 11.3 Å². The van der Waals surface area contributed by atoms with E-state index in [4.69, 9.17) is 5.26 Å². The molecule has 0 aromatic carbocycles. The zero-order chi connectivity index (χ0) is 10.0. The maximum absolute atomic E-state index is 9.02. The largest absolute Gasteiger partial charge is 0.353 e. The van der Waals surface area contributed by atoms with Crippen LogP contribution in [0.4, 0.5) is 0 Å². The summed E-state index contributed by atoms with van der Waals surface area (Å²) in [6, 6.07) is 6.48. The lowest BCUT2D eigenvalue weighted by Crippen LogP contribution is -2.49. The fraction of sp³-hybridized carbons (Fsp3) is 0.545.